The molecule has 7 heteroatoms. The fourth-order valence-corrected chi connectivity index (χ4v) is 3.09. The lowest BCUT2D eigenvalue weighted by molar-refractivity contribution is 0.195. The molecule has 1 unspecified atom stereocenters. The molecule has 3 N–H and O–H groups in total. The Morgan fingerprint density at radius 1 is 1.10 bits per heavy atom. The first-order chi connectivity index (χ1) is 14.1. The van der Waals surface area contributed by atoms with Gasteiger partial charge in [-0.1, -0.05) is 44.5 Å². The molecule has 2 amide bonds. The van der Waals surface area contributed by atoms with Crippen molar-refractivity contribution in [3.05, 3.63) is 70.9 Å². The Morgan fingerprint density at radius 2 is 1.73 bits per heavy atom. The summed E-state index contributed by atoms with van der Waals surface area (Å²) in [7, 11) is 0. The summed E-state index contributed by atoms with van der Waals surface area (Å²) in [5.41, 5.74) is 3.17. The highest BCUT2D eigenvalue weighted by molar-refractivity contribution is 6.30. The second-order valence-electron chi connectivity index (χ2n) is 8.38. The number of carbonyl (C=O) groups excluding carboxylic acids is 1. The first-order valence-corrected chi connectivity index (χ1v) is 10.2. The van der Waals surface area contributed by atoms with Crippen LogP contribution in [0.3, 0.4) is 0 Å². The molecule has 0 radical (unpaired) electrons. The van der Waals surface area contributed by atoms with Crippen LogP contribution in [0.5, 0.6) is 0 Å². The Kier molecular flexibility index (Phi) is 6.48. The highest BCUT2D eigenvalue weighted by atomic mass is 35.5. The van der Waals surface area contributed by atoms with Gasteiger partial charge in [0.2, 0.25) is 0 Å². The zero-order chi connectivity index (χ0) is 21.9. The van der Waals surface area contributed by atoms with E-state index >= 15 is 0 Å². The van der Waals surface area contributed by atoms with Crippen molar-refractivity contribution in [1.82, 2.24) is 9.78 Å². The van der Waals surface area contributed by atoms with E-state index in [-0.39, 0.29) is 11.4 Å². The Bertz CT molecular complexity index is 1000. The first-order valence-electron chi connectivity index (χ1n) is 9.83. The monoisotopic (exact) mass is 426 g/mol. The van der Waals surface area contributed by atoms with Crippen LogP contribution >= 0.6 is 11.6 Å². The molecule has 0 saturated carbocycles. The summed E-state index contributed by atoms with van der Waals surface area (Å²) in [4.78, 5) is 12.6. The van der Waals surface area contributed by atoms with E-state index in [2.05, 4.69) is 31.4 Å². The summed E-state index contributed by atoms with van der Waals surface area (Å²) in [5, 5.41) is 20.6. The zero-order valence-corrected chi connectivity index (χ0v) is 18.4. The number of carbonyl (C=O) groups is 1. The van der Waals surface area contributed by atoms with Crippen molar-refractivity contribution in [2.24, 2.45) is 0 Å². The van der Waals surface area contributed by atoms with Crippen LogP contribution in [0, 0.1) is 0 Å². The van der Waals surface area contributed by atoms with Crippen LogP contribution in [0.1, 0.15) is 39.0 Å². The number of rotatable bonds is 5. The minimum atomic E-state index is -0.401. The van der Waals surface area contributed by atoms with Gasteiger partial charge in [-0.2, -0.15) is 5.10 Å². The van der Waals surface area contributed by atoms with Crippen LogP contribution < -0.4 is 10.6 Å². The molecule has 2 aromatic carbocycles. The predicted molar refractivity (Wildman–Crippen MR) is 122 cm³/mol. The van der Waals surface area contributed by atoms with Gasteiger partial charge < -0.3 is 10.4 Å². The topological polar surface area (TPSA) is 79.2 Å². The van der Waals surface area contributed by atoms with Gasteiger partial charge in [-0.25, -0.2) is 9.48 Å². The fraction of sp³-hybridized carbons (Fsp3) is 0.304. The zero-order valence-electron chi connectivity index (χ0n) is 17.6. The molecular formula is C23H27ClN4O2. The molecule has 3 aromatic rings. The summed E-state index contributed by atoms with van der Waals surface area (Å²) in [6.07, 6.45) is 0.183. The number of nitrogens with one attached hydrogen (secondary N) is 2. The molecule has 30 heavy (non-hydrogen) atoms. The molecule has 0 fully saturated rings. The van der Waals surface area contributed by atoms with Crippen LogP contribution in [0.2, 0.25) is 5.02 Å². The van der Waals surface area contributed by atoms with E-state index in [9.17, 15) is 9.90 Å². The Hall–Kier alpha value is -2.83. The van der Waals surface area contributed by atoms with Crippen LogP contribution in [0.25, 0.3) is 5.69 Å². The van der Waals surface area contributed by atoms with Gasteiger partial charge in [0.05, 0.1) is 17.5 Å². The van der Waals surface area contributed by atoms with E-state index in [1.165, 1.54) is 0 Å². The summed E-state index contributed by atoms with van der Waals surface area (Å²) >= 11 is 5.90. The van der Waals surface area contributed by atoms with Crippen molar-refractivity contribution >= 4 is 29.1 Å². The van der Waals surface area contributed by atoms with Crippen molar-refractivity contribution in [2.75, 3.05) is 10.6 Å². The van der Waals surface area contributed by atoms with Crippen molar-refractivity contribution in [1.29, 1.82) is 0 Å². The lowest BCUT2D eigenvalue weighted by Crippen LogP contribution is -2.21. The van der Waals surface area contributed by atoms with Crippen molar-refractivity contribution in [3.63, 3.8) is 0 Å². The molecule has 0 saturated heterocycles. The number of benzene rings is 2. The van der Waals surface area contributed by atoms with E-state index in [4.69, 9.17) is 16.7 Å². The normalized spacial score (nSPS) is 12.5. The standard InChI is InChI=1S/C23H27ClN4O2/c1-15(29)13-16-5-11-19(12-6-16)28-21(14-20(27-28)23(2,3)4)26-22(30)25-18-9-7-17(24)8-10-18/h5-12,14-15,29H,13H2,1-4H3,(H2,25,26,30). The summed E-state index contributed by atoms with van der Waals surface area (Å²) in [5.74, 6) is 0.565. The fourth-order valence-electron chi connectivity index (χ4n) is 2.96. The van der Waals surface area contributed by atoms with Crippen LogP contribution in [0.4, 0.5) is 16.3 Å². The molecule has 1 aromatic heterocycles. The molecule has 0 spiro atoms. The molecule has 0 bridgehead atoms. The second kappa shape index (κ2) is 8.90. The molecule has 0 aliphatic rings. The average Bonchev–Trinajstić information content (AvgIpc) is 3.08. The van der Waals surface area contributed by atoms with Crippen LogP contribution in [0.15, 0.2) is 54.6 Å². The van der Waals surface area contributed by atoms with Crippen LogP contribution in [-0.2, 0) is 11.8 Å². The molecule has 158 valence electrons. The number of aliphatic hydroxyl groups excluding tert-OH is 1. The third-order valence-electron chi connectivity index (χ3n) is 4.53. The Balaban J connectivity index is 1.86. The minimum Gasteiger partial charge on any atom is -0.393 e. The quantitative estimate of drug-likeness (QED) is 0.511. The smallest absolute Gasteiger partial charge is 0.324 e. The van der Waals surface area contributed by atoms with E-state index in [1.54, 1.807) is 35.9 Å². The summed E-state index contributed by atoms with van der Waals surface area (Å²) in [6, 6.07) is 16.2. The highest BCUT2D eigenvalue weighted by Crippen LogP contribution is 2.27. The predicted octanol–water partition coefficient (Wildman–Crippen LogP) is 5.39. The number of nitrogens with zero attached hydrogens (tertiary/aromatic N) is 2. The maximum atomic E-state index is 12.6. The van der Waals surface area contributed by atoms with Crippen LogP contribution in [-0.4, -0.2) is 27.0 Å². The van der Waals surface area contributed by atoms with Crippen molar-refractivity contribution in [3.8, 4) is 5.69 Å². The SMILES string of the molecule is CC(O)Cc1ccc(-n2nc(C(C)(C)C)cc2NC(=O)Nc2ccc(Cl)cc2)cc1. The molecule has 1 atom stereocenters. The van der Waals surface area contributed by atoms with Gasteiger partial charge in [-0.15, -0.1) is 0 Å². The maximum Gasteiger partial charge on any atom is 0.324 e. The lowest BCUT2D eigenvalue weighted by atomic mass is 9.92. The van der Waals surface area contributed by atoms with E-state index in [1.807, 2.05) is 30.3 Å². The highest BCUT2D eigenvalue weighted by Gasteiger charge is 2.21. The van der Waals surface area contributed by atoms with Gasteiger partial charge in [0.25, 0.3) is 0 Å². The molecule has 1 heterocycles. The van der Waals surface area contributed by atoms with Gasteiger partial charge in [-0.05, 0) is 55.3 Å². The van der Waals surface area contributed by atoms with Crippen molar-refractivity contribution in [2.45, 2.75) is 45.6 Å². The van der Waals surface area contributed by atoms with Gasteiger partial charge in [0, 0.05) is 22.2 Å². The van der Waals surface area contributed by atoms with Gasteiger partial charge in [-0.3, -0.25) is 5.32 Å². The molecular weight excluding hydrogens is 400 g/mol. The van der Waals surface area contributed by atoms with E-state index in [0.717, 1.165) is 16.9 Å². The molecule has 0 aliphatic heterocycles. The number of anilines is 2. The lowest BCUT2D eigenvalue weighted by Gasteiger charge is -2.14. The number of hydrogen-bond donors (Lipinski definition) is 3. The third kappa shape index (κ3) is 5.62. The first kappa shape index (κ1) is 21.9. The largest absolute Gasteiger partial charge is 0.393 e. The second-order valence-corrected chi connectivity index (χ2v) is 8.82. The summed E-state index contributed by atoms with van der Waals surface area (Å²) < 4.78 is 1.72. The number of urea groups is 1. The maximum absolute atomic E-state index is 12.6. The molecule has 3 rings (SSSR count). The van der Waals surface area contributed by atoms with Crippen molar-refractivity contribution < 1.29 is 9.90 Å². The number of aliphatic hydroxyl groups is 1. The third-order valence-corrected chi connectivity index (χ3v) is 4.79. The minimum absolute atomic E-state index is 0.180. The van der Waals surface area contributed by atoms with E-state index < -0.39 is 6.10 Å². The van der Waals surface area contributed by atoms with Gasteiger partial charge in [0.15, 0.2) is 0 Å². The number of hydrogen-bond acceptors (Lipinski definition) is 3. The Morgan fingerprint density at radius 3 is 2.30 bits per heavy atom. The average molecular weight is 427 g/mol. The summed E-state index contributed by atoms with van der Waals surface area (Å²) in [6.45, 7) is 7.98. The number of halogens is 1. The number of aromatic nitrogens is 2. The number of amides is 2. The van der Waals surface area contributed by atoms with Gasteiger partial charge >= 0.3 is 6.03 Å². The Labute approximate surface area is 181 Å². The molecule has 0 aliphatic carbocycles. The van der Waals surface area contributed by atoms with E-state index in [0.29, 0.717) is 22.9 Å². The molecule has 6 nitrogen and oxygen atoms in total. The van der Waals surface area contributed by atoms with Gasteiger partial charge in [0.1, 0.15) is 5.82 Å².